The lowest BCUT2D eigenvalue weighted by atomic mass is 9.92. The topological polar surface area (TPSA) is 52.6 Å². The highest BCUT2D eigenvalue weighted by molar-refractivity contribution is 5.77. The molecule has 0 spiro atoms. The molecule has 0 unspecified atom stereocenters. The van der Waals surface area contributed by atoms with Crippen molar-refractivity contribution in [1.82, 2.24) is 0 Å². The molecule has 1 rings (SSSR count). The molecule has 1 aromatic rings. The van der Waals surface area contributed by atoms with Crippen LogP contribution in [0.15, 0.2) is 12.1 Å². The number of benzene rings is 1. The van der Waals surface area contributed by atoms with Crippen molar-refractivity contribution < 1.29 is 19.1 Å². The smallest absolute Gasteiger partial charge is 0.309 e. The Hall–Kier alpha value is -1.84. The maximum Gasteiger partial charge on any atom is 0.309 e. The fourth-order valence-electron chi connectivity index (χ4n) is 2.12. The Kier molecular flexibility index (Phi) is 5.55. The van der Waals surface area contributed by atoms with E-state index in [1.807, 2.05) is 26.0 Å². The molecule has 0 aliphatic carbocycles. The van der Waals surface area contributed by atoms with Crippen LogP contribution in [-0.4, -0.2) is 26.2 Å². The van der Waals surface area contributed by atoms with Crippen molar-refractivity contribution in [3.63, 3.8) is 0 Å². The van der Waals surface area contributed by atoms with Gasteiger partial charge in [0.2, 0.25) is 0 Å². The normalized spacial score (nSPS) is 10.1. The fraction of sp³-hybridized carbons (Fsp3) is 0.467. The van der Waals surface area contributed by atoms with E-state index in [4.69, 9.17) is 9.47 Å². The Balaban J connectivity index is 3.20. The van der Waals surface area contributed by atoms with Crippen LogP contribution in [0.25, 0.3) is 0 Å². The van der Waals surface area contributed by atoms with E-state index < -0.39 is 0 Å². The molecule has 0 fully saturated rings. The maximum atomic E-state index is 11.5. The van der Waals surface area contributed by atoms with E-state index >= 15 is 0 Å². The van der Waals surface area contributed by atoms with Crippen LogP contribution >= 0.6 is 0 Å². The molecule has 0 saturated carbocycles. The first kappa shape index (κ1) is 15.2. The zero-order valence-electron chi connectivity index (χ0n) is 11.9. The first-order valence-electron chi connectivity index (χ1n) is 6.26. The summed E-state index contributed by atoms with van der Waals surface area (Å²) in [6.45, 7) is 4.00. The van der Waals surface area contributed by atoms with Crippen LogP contribution in [0.2, 0.25) is 0 Å². The molecule has 104 valence electrons. The van der Waals surface area contributed by atoms with E-state index in [0.29, 0.717) is 0 Å². The van der Waals surface area contributed by atoms with Crippen molar-refractivity contribution in [3.05, 3.63) is 34.4 Å². The first-order chi connectivity index (χ1) is 9.01. The molecule has 0 atom stereocenters. The molecule has 4 nitrogen and oxygen atoms in total. The summed E-state index contributed by atoms with van der Waals surface area (Å²) in [5.74, 6) is -0.608. The monoisotopic (exact) mass is 264 g/mol. The van der Waals surface area contributed by atoms with Crippen molar-refractivity contribution in [1.29, 1.82) is 0 Å². The zero-order valence-corrected chi connectivity index (χ0v) is 11.9. The summed E-state index contributed by atoms with van der Waals surface area (Å²) in [4.78, 5) is 23.0. The quantitative estimate of drug-likeness (QED) is 0.763. The predicted octanol–water partition coefficient (Wildman–Crippen LogP) is 1.99. The molecule has 0 N–H and O–H groups in total. The summed E-state index contributed by atoms with van der Waals surface area (Å²) < 4.78 is 9.41. The van der Waals surface area contributed by atoms with Gasteiger partial charge in [0, 0.05) is 0 Å². The number of ether oxygens (including phenoxy) is 2. The first-order valence-corrected chi connectivity index (χ1v) is 6.26. The second-order valence-electron chi connectivity index (χ2n) is 4.42. The largest absolute Gasteiger partial charge is 0.469 e. The summed E-state index contributed by atoms with van der Waals surface area (Å²) >= 11 is 0. The van der Waals surface area contributed by atoms with Gasteiger partial charge in [-0.1, -0.05) is 24.6 Å². The Morgan fingerprint density at radius 2 is 1.53 bits per heavy atom. The summed E-state index contributed by atoms with van der Waals surface area (Å²) in [5.41, 5.74) is 3.87. The van der Waals surface area contributed by atoms with Gasteiger partial charge < -0.3 is 9.47 Å². The van der Waals surface area contributed by atoms with Crippen molar-refractivity contribution >= 4 is 11.9 Å². The molecular weight excluding hydrogens is 244 g/mol. The summed E-state index contributed by atoms with van der Waals surface area (Å²) in [6, 6.07) is 3.97. The van der Waals surface area contributed by atoms with Crippen LogP contribution in [-0.2, 0) is 38.3 Å². The third-order valence-corrected chi connectivity index (χ3v) is 3.07. The van der Waals surface area contributed by atoms with Crippen LogP contribution in [0.4, 0.5) is 0 Å². The third kappa shape index (κ3) is 4.09. The lowest BCUT2D eigenvalue weighted by Gasteiger charge is -2.14. The number of carbonyl (C=O) groups is 2. The highest BCUT2D eigenvalue weighted by Gasteiger charge is 2.15. The summed E-state index contributed by atoms with van der Waals surface area (Å²) in [7, 11) is 2.72. The summed E-state index contributed by atoms with van der Waals surface area (Å²) in [6.07, 6.45) is 1.17. The van der Waals surface area contributed by atoms with Crippen LogP contribution in [0.1, 0.15) is 29.2 Å². The van der Waals surface area contributed by atoms with Gasteiger partial charge in [-0.05, 0) is 30.0 Å². The van der Waals surface area contributed by atoms with Gasteiger partial charge in [0.25, 0.3) is 0 Å². The second-order valence-corrected chi connectivity index (χ2v) is 4.42. The standard InChI is InChI=1S/C15H20O4/c1-5-11-6-10(2)7-12(8-14(16)18-3)13(11)9-15(17)19-4/h6-7H,5,8-9H2,1-4H3. The molecule has 0 saturated heterocycles. The molecule has 4 heteroatoms. The van der Waals surface area contributed by atoms with Crippen molar-refractivity contribution in [3.8, 4) is 0 Å². The minimum Gasteiger partial charge on any atom is -0.469 e. The van der Waals surface area contributed by atoms with Crippen LogP contribution in [0, 0.1) is 6.92 Å². The molecule has 19 heavy (non-hydrogen) atoms. The summed E-state index contributed by atoms with van der Waals surface area (Å²) in [5, 5.41) is 0. The average molecular weight is 264 g/mol. The molecular formula is C15H20O4. The number of aryl methyl sites for hydroxylation is 2. The third-order valence-electron chi connectivity index (χ3n) is 3.07. The van der Waals surface area contributed by atoms with Gasteiger partial charge in [-0.3, -0.25) is 9.59 Å². The van der Waals surface area contributed by atoms with Crippen LogP contribution < -0.4 is 0 Å². The number of carbonyl (C=O) groups excluding carboxylic acids is 2. The zero-order chi connectivity index (χ0) is 14.4. The van der Waals surface area contributed by atoms with Crippen molar-refractivity contribution in [2.45, 2.75) is 33.1 Å². The van der Waals surface area contributed by atoms with Gasteiger partial charge in [-0.2, -0.15) is 0 Å². The molecule has 0 amide bonds. The number of esters is 2. The molecule has 1 aromatic carbocycles. The molecule has 0 aliphatic rings. The van der Waals surface area contributed by atoms with Gasteiger partial charge in [0.05, 0.1) is 27.1 Å². The molecule has 0 aliphatic heterocycles. The van der Waals surface area contributed by atoms with Gasteiger partial charge >= 0.3 is 11.9 Å². The van der Waals surface area contributed by atoms with E-state index in [0.717, 1.165) is 28.7 Å². The highest BCUT2D eigenvalue weighted by Crippen LogP contribution is 2.20. The van der Waals surface area contributed by atoms with E-state index in [1.54, 1.807) is 0 Å². The molecule has 0 radical (unpaired) electrons. The lowest BCUT2D eigenvalue weighted by molar-refractivity contribution is -0.141. The van der Waals surface area contributed by atoms with E-state index in [1.165, 1.54) is 14.2 Å². The molecule has 0 heterocycles. The Morgan fingerprint density at radius 3 is 2.05 bits per heavy atom. The van der Waals surface area contributed by atoms with Crippen LogP contribution in [0.3, 0.4) is 0 Å². The number of methoxy groups -OCH3 is 2. The second kappa shape index (κ2) is 6.92. The van der Waals surface area contributed by atoms with Crippen molar-refractivity contribution in [2.24, 2.45) is 0 Å². The van der Waals surface area contributed by atoms with Gasteiger partial charge in [-0.15, -0.1) is 0 Å². The van der Waals surface area contributed by atoms with Gasteiger partial charge in [0.1, 0.15) is 0 Å². The number of rotatable bonds is 5. The Bertz CT molecular complexity index is 477. The number of hydrogen-bond acceptors (Lipinski definition) is 4. The van der Waals surface area contributed by atoms with Gasteiger partial charge in [-0.25, -0.2) is 0 Å². The molecule has 0 bridgehead atoms. The predicted molar refractivity (Wildman–Crippen MR) is 72.0 cm³/mol. The maximum absolute atomic E-state index is 11.5. The minimum atomic E-state index is -0.307. The SMILES string of the molecule is CCc1cc(C)cc(CC(=O)OC)c1CC(=O)OC. The van der Waals surface area contributed by atoms with E-state index in [-0.39, 0.29) is 24.8 Å². The fourth-order valence-corrected chi connectivity index (χ4v) is 2.12. The number of hydrogen-bond donors (Lipinski definition) is 0. The Morgan fingerprint density at radius 1 is 1.00 bits per heavy atom. The molecule has 0 aromatic heterocycles. The Labute approximate surface area is 113 Å². The van der Waals surface area contributed by atoms with Gasteiger partial charge in [0.15, 0.2) is 0 Å². The highest BCUT2D eigenvalue weighted by atomic mass is 16.5. The van der Waals surface area contributed by atoms with Crippen molar-refractivity contribution in [2.75, 3.05) is 14.2 Å². The minimum absolute atomic E-state index is 0.178. The average Bonchev–Trinajstić information content (AvgIpc) is 2.40. The van der Waals surface area contributed by atoms with E-state index in [2.05, 4.69) is 0 Å². The van der Waals surface area contributed by atoms with Crippen LogP contribution in [0.5, 0.6) is 0 Å². The van der Waals surface area contributed by atoms with E-state index in [9.17, 15) is 9.59 Å². The lowest BCUT2D eigenvalue weighted by Crippen LogP contribution is -2.13.